The molecule has 6 heteroatoms. The highest BCUT2D eigenvalue weighted by molar-refractivity contribution is 5.93. The van der Waals surface area contributed by atoms with Crippen LogP contribution in [0, 0.1) is 12.8 Å². The predicted octanol–water partition coefficient (Wildman–Crippen LogP) is 3.89. The van der Waals surface area contributed by atoms with Crippen LogP contribution in [-0.2, 0) is 4.79 Å². The van der Waals surface area contributed by atoms with Gasteiger partial charge in [-0.05, 0) is 56.2 Å². The zero-order valence-electron chi connectivity index (χ0n) is 15.7. The van der Waals surface area contributed by atoms with Crippen molar-refractivity contribution in [1.82, 2.24) is 4.90 Å². The van der Waals surface area contributed by atoms with Gasteiger partial charge in [-0.1, -0.05) is 17.7 Å². The van der Waals surface area contributed by atoms with Crippen LogP contribution < -0.4 is 15.4 Å². The second-order valence-corrected chi connectivity index (χ2v) is 6.78. The van der Waals surface area contributed by atoms with Crippen molar-refractivity contribution in [3.05, 3.63) is 54.1 Å². The van der Waals surface area contributed by atoms with Gasteiger partial charge in [-0.2, -0.15) is 0 Å². The van der Waals surface area contributed by atoms with Crippen LogP contribution in [0.2, 0.25) is 0 Å². The zero-order valence-corrected chi connectivity index (χ0v) is 15.7. The minimum atomic E-state index is -0.118. The van der Waals surface area contributed by atoms with Gasteiger partial charge in [0, 0.05) is 30.4 Å². The number of urea groups is 1. The van der Waals surface area contributed by atoms with Gasteiger partial charge in [-0.25, -0.2) is 4.79 Å². The number of rotatable bonds is 4. The number of hydrogen-bond donors (Lipinski definition) is 2. The van der Waals surface area contributed by atoms with Gasteiger partial charge in [0.15, 0.2) is 0 Å². The van der Waals surface area contributed by atoms with Gasteiger partial charge >= 0.3 is 6.03 Å². The number of anilines is 2. The number of nitrogens with zero attached hydrogens (tertiary/aromatic N) is 1. The Bertz CT molecular complexity index is 779. The predicted molar refractivity (Wildman–Crippen MR) is 106 cm³/mol. The van der Waals surface area contributed by atoms with E-state index in [1.807, 2.05) is 55.5 Å². The lowest BCUT2D eigenvalue weighted by Gasteiger charge is -2.31. The Hall–Kier alpha value is -3.02. The van der Waals surface area contributed by atoms with Crippen LogP contribution in [0.5, 0.6) is 5.75 Å². The fourth-order valence-corrected chi connectivity index (χ4v) is 3.10. The third-order valence-electron chi connectivity index (χ3n) is 4.81. The standard InChI is InChI=1S/C21H25N3O3/c1-15-3-5-18(6-4-15)23-21(26)24-13-11-16(12-14-24)20(25)22-17-7-9-19(27-2)10-8-17/h3-10,16H,11-14H2,1-2H3,(H,22,25)(H,23,26). The van der Waals surface area contributed by atoms with Gasteiger partial charge in [-0.3, -0.25) is 4.79 Å². The molecule has 1 aliphatic rings. The lowest BCUT2D eigenvalue weighted by Crippen LogP contribution is -2.43. The average molecular weight is 367 g/mol. The number of likely N-dealkylation sites (tertiary alicyclic amines) is 1. The molecule has 1 fully saturated rings. The monoisotopic (exact) mass is 367 g/mol. The van der Waals surface area contributed by atoms with Crippen molar-refractivity contribution in [3.8, 4) is 5.75 Å². The summed E-state index contributed by atoms with van der Waals surface area (Å²) < 4.78 is 5.12. The zero-order chi connectivity index (χ0) is 19.2. The number of hydrogen-bond acceptors (Lipinski definition) is 3. The Labute approximate surface area is 159 Å². The van der Waals surface area contributed by atoms with Crippen molar-refractivity contribution in [2.75, 3.05) is 30.8 Å². The number of piperidine rings is 1. The van der Waals surface area contributed by atoms with Crippen molar-refractivity contribution < 1.29 is 14.3 Å². The van der Waals surface area contributed by atoms with E-state index in [-0.39, 0.29) is 17.9 Å². The van der Waals surface area contributed by atoms with Crippen molar-refractivity contribution in [3.63, 3.8) is 0 Å². The van der Waals surface area contributed by atoms with Gasteiger partial charge in [0.25, 0.3) is 0 Å². The molecule has 2 aromatic carbocycles. The fraction of sp³-hybridized carbons (Fsp3) is 0.333. The Morgan fingerprint density at radius 1 is 0.926 bits per heavy atom. The molecule has 27 heavy (non-hydrogen) atoms. The summed E-state index contributed by atoms with van der Waals surface area (Å²) in [5, 5.41) is 5.85. The van der Waals surface area contributed by atoms with E-state index in [2.05, 4.69) is 10.6 Å². The molecule has 0 aliphatic carbocycles. The van der Waals surface area contributed by atoms with Crippen LogP contribution in [0.3, 0.4) is 0 Å². The van der Waals surface area contributed by atoms with Crippen LogP contribution in [0.25, 0.3) is 0 Å². The van der Waals surface area contributed by atoms with Crippen molar-refractivity contribution in [1.29, 1.82) is 0 Å². The second kappa shape index (κ2) is 8.58. The molecule has 2 N–H and O–H groups in total. The molecule has 3 rings (SSSR count). The molecular weight excluding hydrogens is 342 g/mol. The van der Waals surface area contributed by atoms with E-state index >= 15 is 0 Å². The smallest absolute Gasteiger partial charge is 0.321 e. The minimum Gasteiger partial charge on any atom is -0.497 e. The molecule has 3 amide bonds. The largest absolute Gasteiger partial charge is 0.497 e. The third-order valence-corrected chi connectivity index (χ3v) is 4.81. The third kappa shape index (κ3) is 5.00. The number of benzene rings is 2. The van der Waals surface area contributed by atoms with E-state index in [0.717, 1.165) is 22.7 Å². The first kappa shape index (κ1) is 18.8. The molecule has 0 bridgehead atoms. The molecule has 142 valence electrons. The summed E-state index contributed by atoms with van der Waals surface area (Å²) in [6, 6.07) is 14.9. The highest BCUT2D eigenvalue weighted by atomic mass is 16.5. The van der Waals surface area contributed by atoms with Gasteiger partial charge in [0.05, 0.1) is 7.11 Å². The number of carbonyl (C=O) groups is 2. The molecule has 0 radical (unpaired) electrons. The summed E-state index contributed by atoms with van der Waals surface area (Å²) in [5.41, 5.74) is 2.68. The number of nitrogens with one attached hydrogen (secondary N) is 2. The molecular formula is C21H25N3O3. The fourth-order valence-electron chi connectivity index (χ4n) is 3.10. The van der Waals surface area contributed by atoms with Crippen molar-refractivity contribution >= 4 is 23.3 Å². The van der Waals surface area contributed by atoms with Crippen molar-refractivity contribution in [2.24, 2.45) is 5.92 Å². The lowest BCUT2D eigenvalue weighted by molar-refractivity contribution is -0.121. The summed E-state index contributed by atoms with van der Waals surface area (Å²) in [6.07, 6.45) is 1.31. The van der Waals surface area contributed by atoms with E-state index < -0.39 is 0 Å². The Morgan fingerprint density at radius 3 is 2.07 bits per heavy atom. The van der Waals surface area contributed by atoms with Gasteiger partial charge in [0.2, 0.25) is 5.91 Å². The maximum Gasteiger partial charge on any atom is 0.321 e. The van der Waals surface area contributed by atoms with Crippen LogP contribution >= 0.6 is 0 Å². The molecule has 0 aromatic heterocycles. The summed E-state index contributed by atoms with van der Waals surface area (Å²) >= 11 is 0. The topological polar surface area (TPSA) is 70.7 Å². The van der Waals surface area contributed by atoms with Crippen LogP contribution in [0.1, 0.15) is 18.4 Å². The van der Waals surface area contributed by atoms with E-state index in [0.29, 0.717) is 25.9 Å². The summed E-state index contributed by atoms with van der Waals surface area (Å²) in [6.45, 7) is 3.14. The number of carbonyl (C=O) groups excluding carboxylic acids is 2. The molecule has 0 saturated carbocycles. The van der Waals surface area contributed by atoms with E-state index in [1.165, 1.54) is 0 Å². The molecule has 1 heterocycles. The molecule has 1 saturated heterocycles. The molecule has 6 nitrogen and oxygen atoms in total. The number of ether oxygens (including phenoxy) is 1. The highest BCUT2D eigenvalue weighted by Crippen LogP contribution is 2.21. The Morgan fingerprint density at radius 2 is 1.48 bits per heavy atom. The van der Waals surface area contributed by atoms with Gasteiger partial charge in [-0.15, -0.1) is 0 Å². The van der Waals surface area contributed by atoms with E-state index in [4.69, 9.17) is 4.74 Å². The molecule has 0 unspecified atom stereocenters. The molecule has 1 aliphatic heterocycles. The first-order valence-electron chi connectivity index (χ1n) is 9.12. The van der Waals surface area contributed by atoms with Crippen LogP contribution in [-0.4, -0.2) is 37.0 Å². The Balaban J connectivity index is 1.47. The molecule has 0 spiro atoms. The second-order valence-electron chi connectivity index (χ2n) is 6.78. The maximum absolute atomic E-state index is 12.5. The van der Waals surface area contributed by atoms with Gasteiger partial charge in [0.1, 0.15) is 5.75 Å². The van der Waals surface area contributed by atoms with Crippen LogP contribution in [0.15, 0.2) is 48.5 Å². The van der Waals surface area contributed by atoms with Gasteiger partial charge < -0.3 is 20.3 Å². The first-order chi connectivity index (χ1) is 13.0. The average Bonchev–Trinajstić information content (AvgIpc) is 2.70. The highest BCUT2D eigenvalue weighted by Gasteiger charge is 2.27. The normalized spacial score (nSPS) is 14.5. The summed E-state index contributed by atoms with van der Waals surface area (Å²) in [5.74, 6) is 0.662. The van der Waals surface area contributed by atoms with Crippen molar-refractivity contribution in [2.45, 2.75) is 19.8 Å². The van der Waals surface area contributed by atoms with E-state index in [1.54, 1.807) is 12.0 Å². The minimum absolute atomic E-state index is 0.00115. The maximum atomic E-state index is 12.5. The van der Waals surface area contributed by atoms with Crippen LogP contribution in [0.4, 0.5) is 16.2 Å². The Kier molecular flexibility index (Phi) is 5.96. The first-order valence-corrected chi connectivity index (χ1v) is 9.12. The summed E-state index contributed by atoms with van der Waals surface area (Å²) in [7, 11) is 1.61. The summed E-state index contributed by atoms with van der Waals surface area (Å²) in [4.78, 5) is 26.6. The van der Waals surface area contributed by atoms with E-state index in [9.17, 15) is 9.59 Å². The number of amides is 3. The molecule has 2 aromatic rings. The number of aryl methyl sites for hydroxylation is 1. The molecule has 0 atom stereocenters. The lowest BCUT2D eigenvalue weighted by atomic mass is 9.96. The number of methoxy groups -OCH3 is 1. The SMILES string of the molecule is COc1ccc(NC(=O)C2CCN(C(=O)Nc3ccc(C)cc3)CC2)cc1. The quantitative estimate of drug-likeness (QED) is 0.861.